The molecule has 1 N–H and O–H groups in total. The Labute approximate surface area is 139 Å². The molecule has 7 nitrogen and oxygen atoms in total. The molecular formula is C17H18N4O3. The third kappa shape index (κ3) is 3.68. The fraction of sp³-hybridized carbons (Fsp3) is 0.294. The molecule has 0 aliphatic carbocycles. The number of hydrogen-bond donors (Lipinski definition) is 1. The van der Waals surface area contributed by atoms with Crippen LogP contribution in [0, 0.1) is 10.1 Å². The van der Waals surface area contributed by atoms with Crippen LogP contribution in [0.3, 0.4) is 0 Å². The molecule has 0 bridgehead atoms. The Bertz CT molecular complexity index is 710. The van der Waals surface area contributed by atoms with Crippen molar-refractivity contribution in [3.8, 4) is 0 Å². The van der Waals surface area contributed by atoms with Crippen LogP contribution in [0.15, 0.2) is 48.8 Å². The van der Waals surface area contributed by atoms with Crippen LogP contribution in [-0.4, -0.2) is 39.8 Å². The van der Waals surface area contributed by atoms with E-state index in [1.165, 1.54) is 24.3 Å². The van der Waals surface area contributed by atoms with Gasteiger partial charge in [-0.2, -0.15) is 0 Å². The van der Waals surface area contributed by atoms with Gasteiger partial charge < -0.3 is 10.2 Å². The van der Waals surface area contributed by atoms with Gasteiger partial charge in [0.15, 0.2) is 0 Å². The molecule has 2 heterocycles. The van der Waals surface area contributed by atoms with Crippen molar-refractivity contribution in [3.05, 3.63) is 64.5 Å². The van der Waals surface area contributed by atoms with E-state index >= 15 is 0 Å². The van der Waals surface area contributed by atoms with Crippen LogP contribution in [0.25, 0.3) is 0 Å². The van der Waals surface area contributed by atoms with Crippen LogP contribution in [-0.2, 0) is 0 Å². The summed E-state index contributed by atoms with van der Waals surface area (Å²) in [5.74, 6) is -0.0790. The molecule has 1 amide bonds. The van der Waals surface area contributed by atoms with Crippen LogP contribution in [0.1, 0.15) is 23.2 Å². The molecule has 1 aromatic heterocycles. The Morgan fingerprint density at radius 2 is 1.92 bits per heavy atom. The van der Waals surface area contributed by atoms with Gasteiger partial charge in [0.25, 0.3) is 11.6 Å². The van der Waals surface area contributed by atoms with Crippen LogP contribution in [0.4, 0.5) is 11.4 Å². The number of carbonyl (C=O) groups excluding carboxylic acids is 1. The summed E-state index contributed by atoms with van der Waals surface area (Å²) in [4.78, 5) is 28.5. The Morgan fingerprint density at radius 3 is 2.50 bits per heavy atom. The molecule has 0 atom stereocenters. The number of nitro benzene ring substituents is 1. The zero-order chi connectivity index (χ0) is 16.9. The van der Waals surface area contributed by atoms with Crippen molar-refractivity contribution in [2.24, 2.45) is 0 Å². The molecule has 124 valence electrons. The van der Waals surface area contributed by atoms with Gasteiger partial charge in [-0.3, -0.25) is 19.9 Å². The number of amides is 1. The molecule has 1 aliphatic heterocycles. The number of anilines is 1. The topological polar surface area (TPSA) is 88.4 Å². The lowest BCUT2D eigenvalue weighted by molar-refractivity contribution is -0.384. The molecule has 3 rings (SSSR count). The zero-order valence-electron chi connectivity index (χ0n) is 13.1. The van der Waals surface area contributed by atoms with Gasteiger partial charge >= 0.3 is 0 Å². The first kappa shape index (κ1) is 15.9. The second-order valence-corrected chi connectivity index (χ2v) is 5.76. The number of piperidine rings is 1. The van der Waals surface area contributed by atoms with E-state index in [1.807, 2.05) is 12.1 Å². The van der Waals surface area contributed by atoms with Crippen LogP contribution in [0.2, 0.25) is 0 Å². The van der Waals surface area contributed by atoms with E-state index in [9.17, 15) is 14.9 Å². The standard InChI is InChI=1S/C17H18N4O3/c22-17(13-3-5-16(6-4-13)21(23)24)20-10-7-14(8-11-20)19-15-2-1-9-18-12-15/h1-6,9,12,14,19H,7-8,10-11H2. The van der Waals surface area contributed by atoms with Gasteiger partial charge in [-0.1, -0.05) is 0 Å². The number of nitrogens with zero attached hydrogens (tertiary/aromatic N) is 3. The SMILES string of the molecule is O=C(c1ccc([N+](=O)[O-])cc1)N1CCC(Nc2cccnc2)CC1. The lowest BCUT2D eigenvalue weighted by Gasteiger charge is -2.32. The van der Waals surface area contributed by atoms with E-state index in [2.05, 4.69) is 10.3 Å². The number of non-ortho nitro benzene ring substituents is 1. The predicted octanol–water partition coefficient (Wildman–Crippen LogP) is 2.71. The van der Waals surface area contributed by atoms with Gasteiger partial charge in [-0.05, 0) is 37.1 Å². The Morgan fingerprint density at radius 1 is 1.21 bits per heavy atom. The molecule has 0 saturated carbocycles. The second kappa shape index (κ2) is 7.08. The predicted molar refractivity (Wildman–Crippen MR) is 89.9 cm³/mol. The van der Waals surface area contributed by atoms with E-state index in [1.54, 1.807) is 17.3 Å². The van der Waals surface area contributed by atoms with Crippen molar-refractivity contribution in [2.75, 3.05) is 18.4 Å². The number of hydrogen-bond acceptors (Lipinski definition) is 5. The van der Waals surface area contributed by atoms with Gasteiger partial charge in [-0.25, -0.2) is 0 Å². The summed E-state index contributed by atoms with van der Waals surface area (Å²) in [5.41, 5.74) is 1.46. The highest BCUT2D eigenvalue weighted by atomic mass is 16.6. The molecular weight excluding hydrogens is 308 g/mol. The minimum Gasteiger partial charge on any atom is -0.381 e. The maximum atomic E-state index is 12.5. The molecule has 7 heteroatoms. The van der Waals surface area contributed by atoms with Crippen LogP contribution in [0.5, 0.6) is 0 Å². The van der Waals surface area contributed by atoms with Crippen LogP contribution < -0.4 is 5.32 Å². The normalized spacial score (nSPS) is 15.1. The van der Waals surface area contributed by atoms with E-state index in [0.29, 0.717) is 24.7 Å². The zero-order valence-corrected chi connectivity index (χ0v) is 13.1. The summed E-state index contributed by atoms with van der Waals surface area (Å²) >= 11 is 0. The highest BCUT2D eigenvalue weighted by Gasteiger charge is 2.23. The van der Waals surface area contributed by atoms with Gasteiger partial charge in [0.2, 0.25) is 0 Å². The lowest BCUT2D eigenvalue weighted by atomic mass is 10.0. The Hall–Kier alpha value is -2.96. The van der Waals surface area contributed by atoms with E-state index in [-0.39, 0.29) is 11.6 Å². The molecule has 1 saturated heterocycles. The highest BCUT2D eigenvalue weighted by Crippen LogP contribution is 2.19. The van der Waals surface area contributed by atoms with E-state index in [4.69, 9.17) is 0 Å². The Balaban J connectivity index is 1.56. The maximum absolute atomic E-state index is 12.5. The third-order valence-corrected chi connectivity index (χ3v) is 4.14. The second-order valence-electron chi connectivity index (χ2n) is 5.76. The average molecular weight is 326 g/mol. The number of carbonyl (C=O) groups is 1. The van der Waals surface area contributed by atoms with Gasteiger partial charge in [0.05, 0.1) is 10.6 Å². The molecule has 0 unspecified atom stereocenters. The molecule has 1 aromatic carbocycles. The van der Waals surface area contributed by atoms with Gasteiger partial charge in [-0.15, -0.1) is 0 Å². The summed E-state index contributed by atoms with van der Waals surface area (Å²) in [6, 6.07) is 9.93. The number of aromatic nitrogens is 1. The van der Waals surface area contributed by atoms with Crippen molar-refractivity contribution in [1.29, 1.82) is 0 Å². The highest BCUT2D eigenvalue weighted by molar-refractivity contribution is 5.94. The minimum absolute atomic E-state index is 0.00840. The van der Waals surface area contributed by atoms with Crippen molar-refractivity contribution < 1.29 is 9.72 Å². The first-order valence-corrected chi connectivity index (χ1v) is 7.84. The van der Waals surface area contributed by atoms with Gasteiger partial charge in [0.1, 0.15) is 0 Å². The summed E-state index contributed by atoms with van der Waals surface area (Å²) in [6.45, 7) is 1.32. The summed E-state index contributed by atoms with van der Waals surface area (Å²) in [7, 11) is 0. The van der Waals surface area contributed by atoms with Crippen LogP contribution >= 0.6 is 0 Å². The fourth-order valence-corrected chi connectivity index (χ4v) is 2.82. The molecule has 0 radical (unpaired) electrons. The summed E-state index contributed by atoms with van der Waals surface area (Å²) in [5, 5.41) is 14.1. The number of nitrogens with one attached hydrogen (secondary N) is 1. The summed E-state index contributed by atoms with van der Waals surface area (Å²) < 4.78 is 0. The monoisotopic (exact) mass is 326 g/mol. The number of pyridine rings is 1. The van der Waals surface area contributed by atoms with Crippen molar-refractivity contribution >= 4 is 17.3 Å². The molecule has 2 aromatic rings. The number of rotatable bonds is 4. The van der Waals surface area contributed by atoms with Gasteiger partial charge in [0, 0.05) is 49.2 Å². The largest absolute Gasteiger partial charge is 0.381 e. The van der Waals surface area contributed by atoms with Crippen molar-refractivity contribution in [2.45, 2.75) is 18.9 Å². The van der Waals surface area contributed by atoms with Crippen molar-refractivity contribution in [1.82, 2.24) is 9.88 Å². The number of benzene rings is 1. The Kier molecular flexibility index (Phi) is 4.69. The number of nitro groups is 1. The molecule has 1 aliphatic rings. The molecule has 24 heavy (non-hydrogen) atoms. The smallest absolute Gasteiger partial charge is 0.269 e. The van der Waals surface area contributed by atoms with Crippen molar-refractivity contribution in [3.63, 3.8) is 0 Å². The lowest BCUT2D eigenvalue weighted by Crippen LogP contribution is -2.42. The van der Waals surface area contributed by atoms with E-state index in [0.717, 1.165) is 18.5 Å². The fourth-order valence-electron chi connectivity index (χ4n) is 2.82. The van der Waals surface area contributed by atoms with E-state index < -0.39 is 4.92 Å². The average Bonchev–Trinajstić information content (AvgIpc) is 2.63. The summed E-state index contributed by atoms with van der Waals surface area (Å²) in [6.07, 6.45) is 5.23. The maximum Gasteiger partial charge on any atom is 0.269 e. The first-order chi connectivity index (χ1) is 11.6. The third-order valence-electron chi connectivity index (χ3n) is 4.14. The quantitative estimate of drug-likeness (QED) is 0.689. The first-order valence-electron chi connectivity index (χ1n) is 7.84. The number of likely N-dealkylation sites (tertiary alicyclic amines) is 1. The molecule has 0 spiro atoms. The minimum atomic E-state index is -0.468. The molecule has 1 fully saturated rings.